The van der Waals surface area contributed by atoms with Crippen molar-refractivity contribution in [1.82, 2.24) is 14.9 Å². The average molecular weight is 393 g/mol. The van der Waals surface area contributed by atoms with E-state index in [4.69, 9.17) is 9.47 Å². The molecule has 0 atom stereocenters. The van der Waals surface area contributed by atoms with Gasteiger partial charge >= 0.3 is 12.1 Å². The van der Waals surface area contributed by atoms with Crippen LogP contribution in [0.5, 0.6) is 0 Å². The maximum Gasteiger partial charge on any atom is 0.410 e. The van der Waals surface area contributed by atoms with Gasteiger partial charge in [-0.05, 0) is 46.5 Å². The maximum absolute atomic E-state index is 12.3. The number of carbonyl (C=O) groups excluding carboxylic acids is 2. The molecule has 1 saturated heterocycles. The predicted molar refractivity (Wildman–Crippen MR) is 106 cm³/mol. The van der Waals surface area contributed by atoms with E-state index in [-0.39, 0.29) is 11.6 Å². The normalized spacial score (nSPS) is 16.6. The molecule has 1 aliphatic heterocycles. The van der Waals surface area contributed by atoms with Crippen LogP contribution in [0.25, 0.3) is 0 Å². The van der Waals surface area contributed by atoms with Crippen molar-refractivity contribution in [3.63, 3.8) is 0 Å². The van der Waals surface area contributed by atoms with Crippen molar-refractivity contribution in [2.24, 2.45) is 5.92 Å². The Bertz CT molecular complexity index is 674. The molecule has 2 heterocycles. The van der Waals surface area contributed by atoms with E-state index in [0.717, 1.165) is 12.8 Å². The first-order valence-corrected chi connectivity index (χ1v) is 9.81. The average Bonchev–Trinajstić information content (AvgIpc) is 2.61. The number of rotatable bonds is 5. The third-order valence-electron chi connectivity index (χ3n) is 4.94. The summed E-state index contributed by atoms with van der Waals surface area (Å²) in [6, 6.07) is 0. The van der Waals surface area contributed by atoms with Crippen molar-refractivity contribution in [1.29, 1.82) is 0 Å². The molecule has 1 aliphatic rings. The molecular weight excluding hydrogens is 360 g/mol. The Morgan fingerprint density at radius 2 is 1.79 bits per heavy atom. The van der Waals surface area contributed by atoms with E-state index in [2.05, 4.69) is 29.1 Å². The van der Waals surface area contributed by atoms with Crippen molar-refractivity contribution in [2.45, 2.75) is 65.5 Å². The van der Waals surface area contributed by atoms with Gasteiger partial charge in [0.25, 0.3) is 0 Å². The molecule has 0 unspecified atom stereocenters. The first-order chi connectivity index (χ1) is 13.1. The standard InChI is InChI=1S/C20H32N4O4/c1-7-27-16(25)15-12-21-17(22-13-15)23-20(14(2)3)8-10-24(11-9-20)18(26)28-19(4,5)6/h12-14H,7-11H2,1-6H3,(H,21,22,23). The fourth-order valence-electron chi connectivity index (χ4n) is 3.20. The zero-order valence-electron chi connectivity index (χ0n) is 17.7. The summed E-state index contributed by atoms with van der Waals surface area (Å²) in [5.74, 6) is 0.340. The van der Waals surface area contributed by atoms with Crippen molar-refractivity contribution in [2.75, 3.05) is 25.0 Å². The molecule has 156 valence electrons. The smallest absolute Gasteiger partial charge is 0.410 e. The second kappa shape index (κ2) is 8.75. The van der Waals surface area contributed by atoms with Gasteiger partial charge < -0.3 is 19.7 Å². The summed E-state index contributed by atoms with van der Waals surface area (Å²) < 4.78 is 10.4. The van der Waals surface area contributed by atoms with Gasteiger partial charge in [-0.25, -0.2) is 19.6 Å². The molecular formula is C20H32N4O4. The number of likely N-dealkylation sites (tertiary alicyclic amines) is 1. The van der Waals surface area contributed by atoms with Crippen LogP contribution in [-0.4, -0.2) is 57.8 Å². The Balaban J connectivity index is 2.04. The quantitative estimate of drug-likeness (QED) is 0.767. The van der Waals surface area contributed by atoms with E-state index in [1.807, 2.05) is 20.8 Å². The highest BCUT2D eigenvalue weighted by atomic mass is 16.6. The number of aromatic nitrogens is 2. The summed E-state index contributed by atoms with van der Waals surface area (Å²) in [4.78, 5) is 34.4. The van der Waals surface area contributed by atoms with Gasteiger partial charge in [0.2, 0.25) is 5.95 Å². The van der Waals surface area contributed by atoms with Crippen LogP contribution >= 0.6 is 0 Å². The molecule has 1 aromatic heterocycles. The van der Waals surface area contributed by atoms with Crippen LogP contribution in [0.2, 0.25) is 0 Å². The molecule has 0 radical (unpaired) electrons. The van der Waals surface area contributed by atoms with E-state index in [1.54, 1.807) is 11.8 Å². The number of piperidine rings is 1. The highest BCUT2D eigenvalue weighted by Crippen LogP contribution is 2.33. The number of esters is 1. The predicted octanol–water partition coefficient (Wildman–Crippen LogP) is 3.49. The number of hydrogen-bond acceptors (Lipinski definition) is 7. The van der Waals surface area contributed by atoms with Gasteiger partial charge in [-0.2, -0.15) is 0 Å². The molecule has 2 rings (SSSR count). The van der Waals surface area contributed by atoms with Crippen LogP contribution in [0.1, 0.15) is 64.7 Å². The molecule has 0 saturated carbocycles. The number of anilines is 1. The molecule has 1 amide bonds. The number of nitrogens with zero attached hydrogens (tertiary/aromatic N) is 3. The lowest BCUT2D eigenvalue weighted by Crippen LogP contribution is -2.54. The fourth-order valence-corrected chi connectivity index (χ4v) is 3.20. The largest absolute Gasteiger partial charge is 0.462 e. The molecule has 8 heteroatoms. The van der Waals surface area contributed by atoms with Crippen LogP contribution in [0.4, 0.5) is 10.7 Å². The lowest BCUT2D eigenvalue weighted by molar-refractivity contribution is 0.0156. The summed E-state index contributed by atoms with van der Waals surface area (Å²) >= 11 is 0. The monoisotopic (exact) mass is 392 g/mol. The van der Waals surface area contributed by atoms with Crippen LogP contribution < -0.4 is 5.32 Å². The molecule has 0 aromatic carbocycles. The zero-order valence-corrected chi connectivity index (χ0v) is 17.7. The SMILES string of the molecule is CCOC(=O)c1cnc(NC2(C(C)C)CCN(C(=O)OC(C)(C)C)CC2)nc1. The molecule has 0 spiro atoms. The number of amides is 1. The third-order valence-corrected chi connectivity index (χ3v) is 4.94. The summed E-state index contributed by atoms with van der Waals surface area (Å²) in [5, 5.41) is 3.45. The van der Waals surface area contributed by atoms with Crippen LogP contribution in [0.15, 0.2) is 12.4 Å². The van der Waals surface area contributed by atoms with Gasteiger partial charge in [0.15, 0.2) is 0 Å². The molecule has 8 nitrogen and oxygen atoms in total. The molecule has 1 aromatic rings. The van der Waals surface area contributed by atoms with Crippen LogP contribution in [0, 0.1) is 5.92 Å². The Labute approximate surface area is 167 Å². The molecule has 28 heavy (non-hydrogen) atoms. The van der Waals surface area contributed by atoms with Crippen molar-refractivity contribution >= 4 is 18.0 Å². The summed E-state index contributed by atoms with van der Waals surface area (Å²) in [7, 11) is 0. The van der Waals surface area contributed by atoms with Crippen molar-refractivity contribution in [3.8, 4) is 0 Å². The Morgan fingerprint density at radius 1 is 1.21 bits per heavy atom. The minimum Gasteiger partial charge on any atom is -0.462 e. The lowest BCUT2D eigenvalue weighted by Gasteiger charge is -2.45. The first kappa shape index (κ1) is 21.9. The van der Waals surface area contributed by atoms with Gasteiger partial charge in [-0.15, -0.1) is 0 Å². The molecule has 1 fully saturated rings. The highest BCUT2D eigenvalue weighted by Gasteiger charge is 2.40. The fraction of sp³-hybridized carbons (Fsp3) is 0.700. The zero-order chi connectivity index (χ0) is 20.9. The lowest BCUT2D eigenvalue weighted by atomic mass is 9.78. The van der Waals surface area contributed by atoms with Crippen molar-refractivity contribution in [3.05, 3.63) is 18.0 Å². The third kappa shape index (κ3) is 5.56. The number of carbonyl (C=O) groups is 2. The minimum absolute atomic E-state index is 0.232. The van der Waals surface area contributed by atoms with Gasteiger partial charge in [-0.3, -0.25) is 0 Å². The van der Waals surface area contributed by atoms with Crippen LogP contribution in [0.3, 0.4) is 0 Å². The molecule has 0 aliphatic carbocycles. The molecule has 0 bridgehead atoms. The summed E-state index contributed by atoms with van der Waals surface area (Å²) in [6.45, 7) is 13.1. The number of nitrogens with one attached hydrogen (secondary N) is 1. The topological polar surface area (TPSA) is 93.7 Å². The highest BCUT2D eigenvalue weighted by molar-refractivity contribution is 5.88. The number of ether oxygens (including phenoxy) is 2. The van der Waals surface area contributed by atoms with Gasteiger partial charge in [0.1, 0.15) is 5.60 Å². The van der Waals surface area contributed by atoms with Gasteiger partial charge in [0.05, 0.1) is 12.2 Å². The Hall–Kier alpha value is -2.38. The number of hydrogen-bond donors (Lipinski definition) is 1. The summed E-state index contributed by atoms with van der Waals surface area (Å²) in [5.41, 5.74) is -0.411. The van der Waals surface area contributed by atoms with E-state index in [9.17, 15) is 9.59 Å². The second-order valence-electron chi connectivity index (χ2n) is 8.42. The minimum atomic E-state index is -0.504. The van der Waals surface area contributed by atoms with E-state index < -0.39 is 11.6 Å². The van der Waals surface area contributed by atoms with E-state index >= 15 is 0 Å². The first-order valence-electron chi connectivity index (χ1n) is 9.81. The maximum atomic E-state index is 12.3. The van der Waals surface area contributed by atoms with Gasteiger partial charge in [0, 0.05) is 31.0 Å². The Kier molecular flexibility index (Phi) is 6.85. The van der Waals surface area contributed by atoms with E-state index in [1.165, 1.54) is 12.4 Å². The Morgan fingerprint density at radius 3 is 2.25 bits per heavy atom. The summed E-state index contributed by atoms with van der Waals surface area (Å²) in [6.07, 6.45) is 4.17. The van der Waals surface area contributed by atoms with Crippen LogP contribution in [-0.2, 0) is 9.47 Å². The van der Waals surface area contributed by atoms with E-state index in [0.29, 0.717) is 37.1 Å². The second-order valence-corrected chi connectivity index (χ2v) is 8.42. The molecule has 1 N–H and O–H groups in total. The van der Waals surface area contributed by atoms with Gasteiger partial charge in [-0.1, -0.05) is 13.8 Å². The van der Waals surface area contributed by atoms with Crippen molar-refractivity contribution < 1.29 is 19.1 Å².